The zero-order valence-electron chi connectivity index (χ0n) is 11.4. The van der Waals surface area contributed by atoms with Crippen molar-refractivity contribution in [3.8, 4) is 0 Å². The molecular weight excluding hydrogens is 316 g/mol. The van der Waals surface area contributed by atoms with Gasteiger partial charge in [0.05, 0.1) is 25.7 Å². The van der Waals surface area contributed by atoms with Gasteiger partial charge in [0.2, 0.25) is 0 Å². The van der Waals surface area contributed by atoms with Gasteiger partial charge in [0.15, 0.2) is 0 Å². The summed E-state index contributed by atoms with van der Waals surface area (Å²) in [6.45, 7) is 0.0602. The number of furan rings is 1. The second-order valence-electron chi connectivity index (χ2n) is 4.34. The van der Waals surface area contributed by atoms with Gasteiger partial charge in [0, 0.05) is 5.02 Å². The molecule has 0 bridgehead atoms. The molecule has 0 aliphatic heterocycles. The van der Waals surface area contributed by atoms with Gasteiger partial charge in [-0.05, 0) is 29.8 Å². The van der Waals surface area contributed by atoms with Gasteiger partial charge in [-0.15, -0.1) is 0 Å². The van der Waals surface area contributed by atoms with Crippen LogP contribution < -0.4 is 0 Å². The normalized spacial score (nSPS) is 13.2. The molecular formula is C14H15ClO5S. The summed E-state index contributed by atoms with van der Waals surface area (Å²) in [6.07, 6.45) is 2.10. The van der Waals surface area contributed by atoms with Crippen molar-refractivity contribution < 1.29 is 21.8 Å². The van der Waals surface area contributed by atoms with Gasteiger partial charge >= 0.3 is 0 Å². The summed E-state index contributed by atoms with van der Waals surface area (Å²) in [4.78, 5) is 0. The smallest absolute Gasteiger partial charge is 0.264 e. The van der Waals surface area contributed by atoms with Crippen LogP contribution in [-0.4, -0.2) is 27.9 Å². The van der Waals surface area contributed by atoms with Crippen LogP contribution in [0.5, 0.6) is 0 Å². The highest BCUT2D eigenvalue weighted by Crippen LogP contribution is 2.27. The van der Waals surface area contributed by atoms with Crippen molar-refractivity contribution in [2.45, 2.75) is 6.10 Å². The van der Waals surface area contributed by atoms with Gasteiger partial charge in [0.25, 0.3) is 10.1 Å². The van der Waals surface area contributed by atoms with E-state index < -0.39 is 16.2 Å². The molecule has 1 atom stereocenters. The van der Waals surface area contributed by atoms with Gasteiger partial charge in [-0.1, -0.05) is 23.7 Å². The Morgan fingerprint density at radius 2 is 1.90 bits per heavy atom. The monoisotopic (exact) mass is 330 g/mol. The van der Waals surface area contributed by atoms with Crippen LogP contribution >= 0.6 is 11.6 Å². The average molecular weight is 331 g/mol. The molecule has 0 saturated heterocycles. The topological polar surface area (TPSA) is 65.7 Å². The SMILES string of the molecule is CS(=O)(=O)OCCO[C@H](c1ccc(Cl)cc1)c1ccco1. The van der Waals surface area contributed by atoms with Crippen LogP contribution in [0.3, 0.4) is 0 Å². The molecule has 0 aliphatic carbocycles. The van der Waals surface area contributed by atoms with Crippen LogP contribution in [0.4, 0.5) is 0 Å². The third kappa shape index (κ3) is 5.17. The van der Waals surface area contributed by atoms with E-state index in [1.165, 1.54) is 0 Å². The molecule has 2 aromatic rings. The van der Waals surface area contributed by atoms with Crippen molar-refractivity contribution in [3.63, 3.8) is 0 Å². The van der Waals surface area contributed by atoms with Crippen LogP contribution in [0.15, 0.2) is 47.1 Å². The van der Waals surface area contributed by atoms with E-state index in [9.17, 15) is 8.42 Å². The predicted octanol–water partition coefficient (Wildman–Crippen LogP) is 3.02. The summed E-state index contributed by atoms with van der Waals surface area (Å²) in [5.41, 5.74) is 0.855. The predicted molar refractivity (Wildman–Crippen MR) is 78.8 cm³/mol. The first kappa shape index (κ1) is 16.0. The summed E-state index contributed by atoms with van der Waals surface area (Å²) in [5, 5.41) is 0.623. The lowest BCUT2D eigenvalue weighted by atomic mass is 10.1. The van der Waals surface area contributed by atoms with Gasteiger partial charge < -0.3 is 9.15 Å². The molecule has 5 nitrogen and oxygen atoms in total. The molecule has 1 aromatic heterocycles. The fourth-order valence-corrected chi connectivity index (χ4v) is 2.27. The number of hydrogen-bond donors (Lipinski definition) is 0. The Morgan fingerprint density at radius 1 is 1.19 bits per heavy atom. The molecule has 7 heteroatoms. The van der Waals surface area contributed by atoms with Crippen molar-refractivity contribution >= 4 is 21.7 Å². The number of ether oxygens (including phenoxy) is 1. The lowest BCUT2D eigenvalue weighted by Crippen LogP contribution is -2.13. The largest absolute Gasteiger partial charge is 0.466 e. The molecule has 21 heavy (non-hydrogen) atoms. The number of benzene rings is 1. The molecule has 0 unspecified atom stereocenters. The third-order valence-corrected chi connectivity index (χ3v) is 3.49. The van der Waals surface area contributed by atoms with E-state index in [0.29, 0.717) is 10.8 Å². The Bertz CT molecular complexity index is 649. The third-order valence-electron chi connectivity index (χ3n) is 2.64. The minimum Gasteiger partial charge on any atom is -0.466 e. The highest BCUT2D eigenvalue weighted by molar-refractivity contribution is 7.85. The Balaban J connectivity index is 2.05. The molecule has 1 aromatic carbocycles. The van der Waals surface area contributed by atoms with E-state index >= 15 is 0 Å². The second-order valence-corrected chi connectivity index (χ2v) is 6.42. The summed E-state index contributed by atoms with van der Waals surface area (Å²) in [7, 11) is -3.47. The maximum absolute atomic E-state index is 10.9. The zero-order chi connectivity index (χ0) is 15.3. The van der Waals surface area contributed by atoms with Crippen LogP contribution in [0, 0.1) is 0 Å². The van der Waals surface area contributed by atoms with E-state index in [2.05, 4.69) is 4.18 Å². The maximum Gasteiger partial charge on any atom is 0.264 e. The van der Waals surface area contributed by atoms with E-state index in [-0.39, 0.29) is 13.2 Å². The van der Waals surface area contributed by atoms with Crippen molar-refractivity contribution in [1.29, 1.82) is 0 Å². The molecule has 0 radical (unpaired) electrons. The van der Waals surface area contributed by atoms with Crippen molar-refractivity contribution in [1.82, 2.24) is 0 Å². The molecule has 0 fully saturated rings. The Hall–Kier alpha value is -1.34. The second kappa shape index (κ2) is 7.09. The van der Waals surface area contributed by atoms with E-state index in [0.717, 1.165) is 11.8 Å². The molecule has 114 valence electrons. The molecule has 1 heterocycles. The molecule has 2 rings (SSSR count). The number of halogens is 1. The van der Waals surface area contributed by atoms with Gasteiger partial charge in [-0.3, -0.25) is 4.18 Å². The molecule has 0 saturated carbocycles. The Labute approximate surface area is 128 Å². The van der Waals surface area contributed by atoms with Crippen LogP contribution in [-0.2, 0) is 19.0 Å². The van der Waals surface area contributed by atoms with E-state index in [1.54, 1.807) is 30.5 Å². The number of hydrogen-bond acceptors (Lipinski definition) is 5. The zero-order valence-corrected chi connectivity index (χ0v) is 12.9. The quantitative estimate of drug-likeness (QED) is 0.576. The average Bonchev–Trinajstić information content (AvgIpc) is 2.93. The Morgan fingerprint density at radius 3 is 2.48 bits per heavy atom. The van der Waals surface area contributed by atoms with E-state index in [1.807, 2.05) is 12.1 Å². The molecule has 0 N–H and O–H groups in total. The van der Waals surface area contributed by atoms with Crippen LogP contribution in [0.1, 0.15) is 17.4 Å². The minimum absolute atomic E-state index is 0.0520. The highest BCUT2D eigenvalue weighted by Gasteiger charge is 2.17. The molecule has 0 spiro atoms. The van der Waals surface area contributed by atoms with E-state index in [4.69, 9.17) is 20.8 Å². The number of rotatable bonds is 7. The van der Waals surface area contributed by atoms with Crippen LogP contribution in [0.2, 0.25) is 5.02 Å². The minimum atomic E-state index is -3.47. The lowest BCUT2D eigenvalue weighted by molar-refractivity contribution is 0.0455. The van der Waals surface area contributed by atoms with Crippen molar-refractivity contribution in [3.05, 3.63) is 59.0 Å². The summed E-state index contributed by atoms with van der Waals surface area (Å²) < 4.78 is 37.5. The summed E-state index contributed by atoms with van der Waals surface area (Å²) >= 11 is 5.87. The van der Waals surface area contributed by atoms with Crippen molar-refractivity contribution in [2.75, 3.05) is 19.5 Å². The highest BCUT2D eigenvalue weighted by atomic mass is 35.5. The molecule has 0 amide bonds. The van der Waals surface area contributed by atoms with Gasteiger partial charge in [-0.25, -0.2) is 0 Å². The fourth-order valence-electron chi connectivity index (χ4n) is 1.77. The van der Waals surface area contributed by atoms with Crippen molar-refractivity contribution in [2.24, 2.45) is 0 Å². The maximum atomic E-state index is 10.9. The van der Waals surface area contributed by atoms with Gasteiger partial charge in [-0.2, -0.15) is 8.42 Å². The summed E-state index contributed by atoms with van der Waals surface area (Å²) in [6, 6.07) is 10.7. The van der Waals surface area contributed by atoms with Gasteiger partial charge in [0.1, 0.15) is 11.9 Å². The molecule has 0 aliphatic rings. The first-order valence-corrected chi connectivity index (χ1v) is 8.40. The summed E-state index contributed by atoms with van der Waals surface area (Å²) in [5.74, 6) is 0.622. The Kier molecular flexibility index (Phi) is 5.41. The first-order valence-electron chi connectivity index (χ1n) is 6.20. The first-order chi connectivity index (χ1) is 9.96. The standard InChI is InChI=1S/C14H15ClO5S/c1-21(16,17)20-10-9-19-14(13-3-2-8-18-13)11-4-6-12(15)7-5-11/h2-8,14H,9-10H2,1H3/t14-/m1/s1. The fraction of sp³-hybridized carbons (Fsp3) is 0.286. The van der Waals surface area contributed by atoms with Crippen LogP contribution in [0.25, 0.3) is 0 Å². The lowest BCUT2D eigenvalue weighted by Gasteiger charge is -2.16.